The monoisotopic (exact) mass is 472 g/mol. The van der Waals surface area contributed by atoms with Crippen LogP contribution in [0.4, 0.5) is 23.4 Å². The SMILES string of the molecule is Cc1cnc(C(=O)N2[C@@H]3CC[C@H]2[C@H](Nc2ncc(C(F)(F)F)cc2F)C3)c(-c2ncccn2)c1. The largest absolute Gasteiger partial charge is 0.417 e. The van der Waals surface area contributed by atoms with E-state index in [4.69, 9.17) is 0 Å². The molecule has 0 spiro atoms. The quantitative estimate of drug-likeness (QED) is 0.572. The average molecular weight is 472 g/mol. The summed E-state index contributed by atoms with van der Waals surface area (Å²) < 4.78 is 52.8. The summed E-state index contributed by atoms with van der Waals surface area (Å²) in [6, 6.07) is 3.20. The highest BCUT2D eigenvalue weighted by atomic mass is 19.4. The van der Waals surface area contributed by atoms with Crippen LogP contribution < -0.4 is 5.32 Å². The number of fused-ring (bicyclic) bond motifs is 2. The van der Waals surface area contributed by atoms with Gasteiger partial charge in [0, 0.05) is 30.8 Å². The number of carbonyl (C=O) groups is 1. The van der Waals surface area contributed by atoms with E-state index < -0.39 is 17.6 Å². The summed E-state index contributed by atoms with van der Waals surface area (Å²) in [7, 11) is 0. The van der Waals surface area contributed by atoms with Crippen LogP contribution in [0.2, 0.25) is 0 Å². The van der Waals surface area contributed by atoms with E-state index in [0.29, 0.717) is 36.5 Å². The standard InChI is InChI=1S/C23H20F4N6O/c1-12-7-15(20-28-5-2-6-29-20)19(30-10-12)22(34)33-14-3-4-18(33)17(9-14)32-21-16(24)8-13(11-31-21)23(25,26)27/h2,5-8,10-11,14,17-18H,3-4,9H2,1H3,(H,31,32)/t14-,17-,18+/m1/s1. The third kappa shape index (κ3) is 3.95. The fourth-order valence-corrected chi connectivity index (χ4v) is 4.81. The van der Waals surface area contributed by atoms with Gasteiger partial charge in [0.05, 0.1) is 23.2 Å². The molecule has 2 aliphatic heterocycles. The fraction of sp³-hybridized carbons (Fsp3) is 0.348. The molecule has 2 saturated heterocycles. The zero-order chi connectivity index (χ0) is 24.0. The van der Waals surface area contributed by atoms with Gasteiger partial charge in [0.1, 0.15) is 5.69 Å². The van der Waals surface area contributed by atoms with Crippen molar-refractivity contribution >= 4 is 11.7 Å². The molecule has 3 aromatic rings. The Labute approximate surface area is 192 Å². The summed E-state index contributed by atoms with van der Waals surface area (Å²) in [5, 5.41) is 2.92. The molecule has 11 heteroatoms. The smallest absolute Gasteiger partial charge is 0.363 e. The van der Waals surface area contributed by atoms with Gasteiger partial charge >= 0.3 is 6.18 Å². The highest BCUT2D eigenvalue weighted by Gasteiger charge is 2.49. The van der Waals surface area contributed by atoms with Crippen LogP contribution in [0, 0.1) is 12.7 Å². The van der Waals surface area contributed by atoms with Crippen molar-refractivity contribution in [2.24, 2.45) is 0 Å². The molecule has 0 radical (unpaired) electrons. The molecule has 5 rings (SSSR count). The molecule has 0 saturated carbocycles. The molecule has 3 aromatic heterocycles. The molecular weight excluding hydrogens is 452 g/mol. The maximum absolute atomic E-state index is 14.3. The van der Waals surface area contributed by atoms with E-state index in [0.717, 1.165) is 12.0 Å². The van der Waals surface area contributed by atoms with Gasteiger partial charge in [0.25, 0.3) is 5.91 Å². The number of hydrogen-bond donors (Lipinski definition) is 1. The molecule has 1 amide bonds. The summed E-state index contributed by atoms with van der Waals surface area (Å²) in [6.45, 7) is 1.86. The number of anilines is 1. The minimum atomic E-state index is -4.68. The first-order valence-electron chi connectivity index (χ1n) is 10.8. The summed E-state index contributed by atoms with van der Waals surface area (Å²) in [5.74, 6) is -1.23. The summed E-state index contributed by atoms with van der Waals surface area (Å²) >= 11 is 0. The second kappa shape index (κ2) is 8.30. The predicted molar refractivity (Wildman–Crippen MR) is 114 cm³/mol. The van der Waals surface area contributed by atoms with Crippen LogP contribution in [0.1, 0.15) is 40.9 Å². The van der Waals surface area contributed by atoms with E-state index in [1.165, 1.54) is 0 Å². The maximum Gasteiger partial charge on any atom is 0.417 e. The topological polar surface area (TPSA) is 83.9 Å². The van der Waals surface area contributed by atoms with Crippen molar-refractivity contribution in [1.29, 1.82) is 0 Å². The lowest BCUT2D eigenvalue weighted by Gasteiger charge is -2.26. The molecule has 0 unspecified atom stereocenters. The van der Waals surface area contributed by atoms with E-state index in [2.05, 4.69) is 25.3 Å². The number of rotatable bonds is 4. The highest BCUT2D eigenvalue weighted by molar-refractivity contribution is 5.99. The fourth-order valence-electron chi connectivity index (χ4n) is 4.81. The molecule has 2 bridgehead atoms. The van der Waals surface area contributed by atoms with Gasteiger partial charge in [-0.05, 0) is 49.9 Å². The number of aryl methyl sites for hydroxylation is 1. The molecule has 7 nitrogen and oxygen atoms in total. The van der Waals surface area contributed by atoms with Crippen LogP contribution in [0.15, 0.2) is 43.0 Å². The van der Waals surface area contributed by atoms with E-state index in [9.17, 15) is 22.4 Å². The van der Waals surface area contributed by atoms with Gasteiger partial charge in [-0.25, -0.2) is 19.3 Å². The molecule has 2 fully saturated rings. The third-order valence-corrected chi connectivity index (χ3v) is 6.30. The molecule has 5 heterocycles. The van der Waals surface area contributed by atoms with Crippen LogP contribution in [0.5, 0.6) is 0 Å². The lowest BCUT2D eigenvalue weighted by molar-refractivity contribution is -0.138. The van der Waals surface area contributed by atoms with Crippen LogP contribution in [-0.4, -0.2) is 48.9 Å². The molecular formula is C23H20F4N6O. The molecule has 3 atom stereocenters. The number of carbonyl (C=O) groups excluding carboxylic acids is 1. The Kier molecular flexibility index (Phi) is 5.41. The molecule has 0 aliphatic carbocycles. The second-order valence-corrected chi connectivity index (χ2v) is 8.53. The second-order valence-electron chi connectivity index (χ2n) is 8.53. The number of alkyl halides is 3. The first kappa shape index (κ1) is 22.2. The Bertz CT molecular complexity index is 1240. The minimum Gasteiger partial charge on any atom is -0.363 e. The van der Waals surface area contributed by atoms with Crippen molar-refractivity contribution in [3.05, 3.63) is 65.6 Å². The van der Waals surface area contributed by atoms with Gasteiger partial charge in [-0.2, -0.15) is 13.2 Å². The van der Waals surface area contributed by atoms with Gasteiger partial charge in [0.15, 0.2) is 17.5 Å². The number of nitrogens with zero attached hydrogens (tertiary/aromatic N) is 5. The molecule has 0 aromatic carbocycles. The van der Waals surface area contributed by atoms with E-state index >= 15 is 0 Å². The van der Waals surface area contributed by atoms with Crippen molar-refractivity contribution in [3.63, 3.8) is 0 Å². The van der Waals surface area contributed by atoms with Crippen LogP contribution in [0.3, 0.4) is 0 Å². The van der Waals surface area contributed by atoms with Crippen LogP contribution in [0.25, 0.3) is 11.4 Å². The Morgan fingerprint density at radius 3 is 2.56 bits per heavy atom. The number of halogens is 4. The van der Waals surface area contributed by atoms with Crippen molar-refractivity contribution in [1.82, 2.24) is 24.8 Å². The van der Waals surface area contributed by atoms with Crippen molar-refractivity contribution in [2.75, 3.05) is 5.32 Å². The molecule has 1 N–H and O–H groups in total. The highest BCUT2D eigenvalue weighted by Crippen LogP contribution is 2.41. The number of amides is 1. The lowest BCUT2D eigenvalue weighted by atomic mass is 9.95. The number of aromatic nitrogens is 4. The van der Waals surface area contributed by atoms with Gasteiger partial charge in [0.2, 0.25) is 0 Å². The molecule has 176 valence electrons. The maximum atomic E-state index is 14.3. The Hall–Kier alpha value is -3.63. The zero-order valence-corrected chi connectivity index (χ0v) is 18.1. The van der Waals surface area contributed by atoms with Gasteiger partial charge in [-0.1, -0.05) is 0 Å². The molecule has 2 aliphatic rings. The average Bonchev–Trinajstić information content (AvgIpc) is 3.37. The summed E-state index contributed by atoms with van der Waals surface area (Å²) in [4.78, 5) is 31.9. The minimum absolute atomic E-state index is 0.0971. The van der Waals surface area contributed by atoms with Crippen LogP contribution in [-0.2, 0) is 6.18 Å². The summed E-state index contributed by atoms with van der Waals surface area (Å²) in [5.41, 5.74) is 0.457. The van der Waals surface area contributed by atoms with E-state index in [1.54, 1.807) is 29.6 Å². The van der Waals surface area contributed by atoms with Crippen molar-refractivity contribution in [2.45, 2.75) is 50.5 Å². The van der Waals surface area contributed by atoms with Gasteiger partial charge in [-0.3, -0.25) is 9.78 Å². The summed E-state index contributed by atoms with van der Waals surface area (Å²) in [6.07, 6.45) is 2.69. The van der Waals surface area contributed by atoms with Crippen molar-refractivity contribution in [3.8, 4) is 11.4 Å². The number of hydrogen-bond acceptors (Lipinski definition) is 6. The van der Waals surface area contributed by atoms with E-state index in [1.807, 2.05) is 13.0 Å². The predicted octanol–water partition coefficient (Wildman–Crippen LogP) is 4.26. The normalized spacial score (nSPS) is 21.7. The third-order valence-electron chi connectivity index (χ3n) is 6.30. The van der Waals surface area contributed by atoms with Crippen molar-refractivity contribution < 1.29 is 22.4 Å². The molecule has 34 heavy (non-hydrogen) atoms. The first-order valence-corrected chi connectivity index (χ1v) is 10.8. The van der Waals surface area contributed by atoms with Gasteiger partial charge in [-0.15, -0.1) is 0 Å². The zero-order valence-electron chi connectivity index (χ0n) is 18.1. The van der Waals surface area contributed by atoms with Crippen LogP contribution >= 0.6 is 0 Å². The Morgan fingerprint density at radius 2 is 1.85 bits per heavy atom. The number of nitrogens with one attached hydrogen (secondary N) is 1. The Morgan fingerprint density at radius 1 is 1.09 bits per heavy atom. The Balaban J connectivity index is 1.40. The van der Waals surface area contributed by atoms with Gasteiger partial charge < -0.3 is 10.2 Å². The number of pyridine rings is 2. The van der Waals surface area contributed by atoms with E-state index in [-0.39, 0.29) is 35.5 Å². The first-order chi connectivity index (χ1) is 16.2. The lowest BCUT2D eigenvalue weighted by Crippen LogP contribution is -2.40.